The van der Waals surface area contributed by atoms with Gasteiger partial charge in [-0.15, -0.1) is 0 Å². The third-order valence-electron chi connectivity index (χ3n) is 4.27. The van der Waals surface area contributed by atoms with Gasteiger partial charge < -0.3 is 20.1 Å². The maximum absolute atomic E-state index is 5.45. The molecule has 0 heterocycles. The van der Waals surface area contributed by atoms with E-state index in [1.165, 1.54) is 25.7 Å². The average molecular weight is 299 g/mol. The Bertz CT molecular complexity index is 286. The van der Waals surface area contributed by atoms with E-state index >= 15 is 0 Å². The fraction of sp³-hybridized carbons (Fsp3) is 0.938. The Morgan fingerprint density at radius 3 is 2.52 bits per heavy atom. The van der Waals surface area contributed by atoms with E-state index in [2.05, 4.69) is 24.5 Å². The van der Waals surface area contributed by atoms with E-state index in [1.807, 2.05) is 0 Å². The van der Waals surface area contributed by atoms with E-state index in [1.54, 1.807) is 7.11 Å². The second-order valence-electron chi connectivity index (χ2n) is 5.79. The van der Waals surface area contributed by atoms with Gasteiger partial charge in [-0.1, -0.05) is 13.3 Å². The predicted octanol–water partition coefficient (Wildman–Crippen LogP) is 2.17. The summed E-state index contributed by atoms with van der Waals surface area (Å²) >= 11 is 0. The van der Waals surface area contributed by atoms with Crippen molar-refractivity contribution < 1.29 is 9.47 Å². The van der Waals surface area contributed by atoms with Gasteiger partial charge in [-0.05, 0) is 38.0 Å². The third-order valence-corrected chi connectivity index (χ3v) is 4.27. The Kier molecular flexibility index (Phi) is 9.42. The molecule has 1 fully saturated rings. The zero-order valence-electron chi connectivity index (χ0n) is 14.0. The number of hydrogen-bond acceptors (Lipinski definition) is 3. The van der Waals surface area contributed by atoms with E-state index in [9.17, 15) is 0 Å². The molecule has 1 aliphatic carbocycles. The molecule has 0 bridgehead atoms. The van der Waals surface area contributed by atoms with Crippen LogP contribution in [-0.2, 0) is 9.47 Å². The fourth-order valence-electron chi connectivity index (χ4n) is 2.51. The van der Waals surface area contributed by atoms with Crippen molar-refractivity contribution in [2.24, 2.45) is 10.4 Å². The topological polar surface area (TPSA) is 54.9 Å². The smallest absolute Gasteiger partial charge is 0.191 e. The molecule has 0 aromatic carbocycles. The molecule has 0 aliphatic heterocycles. The van der Waals surface area contributed by atoms with Crippen LogP contribution in [0.3, 0.4) is 0 Å². The molecule has 21 heavy (non-hydrogen) atoms. The summed E-state index contributed by atoms with van der Waals surface area (Å²) < 4.78 is 10.4. The molecule has 5 heteroatoms. The summed E-state index contributed by atoms with van der Waals surface area (Å²) in [5.74, 6) is 0.939. The highest BCUT2D eigenvalue weighted by Crippen LogP contribution is 2.43. The van der Waals surface area contributed by atoms with Crippen LogP contribution in [0.2, 0.25) is 0 Å². The molecule has 0 unspecified atom stereocenters. The van der Waals surface area contributed by atoms with Crippen molar-refractivity contribution in [1.29, 1.82) is 0 Å². The number of rotatable bonds is 11. The van der Waals surface area contributed by atoms with Crippen molar-refractivity contribution >= 4 is 5.96 Å². The molecule has 1 rings (SSSR count). The molecule has 1 saturated carbocycles. The molecule has 0 saturated heterocycles. The molecule has 5 nitrogen and oxygen atoms in total. The van der Waals surface area contributed by atoms with Crippen molar-refractivity contribution in [3.63, 3.8) is 0 Å². The molecule has 2 N–H and O–H groups in total. The van der Waals surface area contributed by atoms with Gasteiger partial charge in [0, 0.05) is 33.4 Å². The molecular formula is C16H33N3O2. The lowest BCUT2D eigenvalue weighted by molar-refractivity contribution is 0.0698. The summed E-state index contributed by atoms with van der Waals surface area (Å²) in [5, 5.41) is 6.70. The van der Waals surface area contributed by atoms with Crippen LogP contribution in [0.4, 0.5) is 0 Å². The highest BCUT2D eigenvalue weighted by molar-refractivity contribution is 5.79. The monoisotopic (exact) mass is 299 g/mol. The van der Waals surface area contributed by atoms with Crippen molar-refractivity contribution in [1.82, 2.24) is 10.6 Å². The molecule has 1 aliphatic rings. The molecule has 0 amide bonds. The summed E-state index contributed by atoms with van der Waals surface area (Å²) in [7, 11) is 1.69. The normalized spacial score (nSPS) is 17.4. The van der Waals surface area contributed by atoms with Crippen LogP contribution >= 0.6 is 0 Å². The summed E-state index contributed by atoms with van der Waals surface area (Å²) in [4.78, 5) is 4.76. The Morgan fingerprint density at radius 2 is 1.95 bits per heavy atom. The van der Waals surface area contributed by atoms with Crippen LogP contribution in [-0.4, -0.2) is 52.5 Å². The first-order chi connectivity index (χ1) is 10.3. The van der Waals surface area contributed by atoms with E-state index in [-0.39, 0.29) is 0 Å². The first-order valence-corrected chi connectivity index (χ1v) is 8.35. The largest absolute Gasteiger partial charge is 0.382 e. The van der Waals surface area contributed by atoms with Gasteiger partial charge in [0.1, 0.15) is 0 Å². The van der Waals surface area contributed by atoms with Crippen LogP contribution < -0.4 is 10.6 Å². The number of hydrogen-bond donors (Lipinski definition) is 2. The zero-order valence-corrected chi connectivity index (χ0v) is 14.0. The molecule has 0 radical (unpaired) electrons. The quantitative estimate of drug-likeness (QED) is 0.349. The van der Waals surface area contributed by atoms with Gasteiger partial charge in [-0.25, -0.2) is 0 Å². The van der Waals surface area contributed by atoms with Gasteiger partial charge in [0.2, 0.25) is 0 Å². The molecule has 0 aromatic heterocycles. The number of ether oxygens (including phenoxy) is 2. The van der Waals surface area contributed by atoms with E-state index in [4.69, 9.17) is 14.5 Å². The first kappa shape index (κ1) is 18.2. The van der Waals surface area contributed by atoms with Crippen molar-refractivity contribution in [3.05, 3.63) is 0 Å². The fourth-order valence-corrected chi connectivity index (χ4v) is 2.51. The minimum absolute atomic E-state index is 0.478. The Labute approximate surface area is 129 Å². The molecule has 0 aromatic rings. The van der Waals surface area contributed by atoms with E-state index in [0.29, 0.717) is 18.6 Å². The number of nitrogens with one attached hydrogen (secondary N) is 2. The maximum atomic E-state index is 5.45. The summed E-state index contributed by atoms with van der Waals surface area (Å²) in [6.07, 6.45) is 6.25. The maximum Gasteiger partial charge on any atom is 0.191 e. The second-order valence-corrected chi connectivity index (χ2v) is 5.79. The number of aliphatic imine (C=N–C) groups is 1. The number of methoxy groups -OCH3 is 1. The number of nitrogens with zero attached hydrogens (tertiary/aromatic N) is 1. The summed E-state index contributed by atoms with van der Waals surface area (Å²) in [6, 6.07) is 0. The highest BCUT2D eigenvalue weighted by atomic mass is 16.5. The average Bonchev–Trinajstić information content (AvgIpc) is 2.45. The Hall–Kier alpha value is -0.810. The summed E-state index contributed by atoms with van der Waals surface area (Å²) in [6.45, 7) is 9.21. The predicted molar refractivity (Wildman–Crippen MR) is 87.9 cm³/mol. The SMILES string of the molecule is CCNC(=NCC1(CC)CCC1)NCCCOCCOC. The van der Waals surface area contributed by atoms with Crippen molar-refractivity contribution in [3.8, 4) is 0 Å². The van der Waals surface area contributed by atoms with Crippen LogP contribution in [0, 0.1) is 5.41 Å². The molecule has 124 valence electrons. The minimum atomic E-state index is 0.478. The number of guanidine groups is 1. The van der Waals surface area contributed by atoms with Gasteiger partial charge in [0.05, 0.1) is 13.2 Å². The van der Waals surface area contributed by atoms with Crippen LogP contribution in [0.1, 0.15) is 46.0 Å². The first-order valence-electron chi connectivity index (χ1n) is 8.35. The van der Waals surface area contributed by atoms with Crippen LogP contribution in [0.15, 0.2) is 4.99 Å². The van der Waals surface area contributed by atoms with Gasteiger partial charge in [-0.2, -0.15) is 0 Å². The third kappa shape index (κ3) is 7.14. The molecular weight excluding hydrogens is 266 g/mol. The van der Waals surface area contributed by atoms with Gasteiger partial charge in [-0.3, -0.25) is 4.99 Å². The van der Waals surface area contributed by atoms with Crippen molar-refractivity contribution in [2.45, 2.75) is 46.0 Å². The van der Waals surface area contributed by atoms with Gasteiger partial charge in [0.15, 0.2) is 5.96 Å². The standard InChI is InChI=1S/C16H33N3O2/c1-4-16(8-6-9-16)14-19-15(17-5-2)18-10-7-11-21-13-12-20-3/h4-14H2,1-3H3,(H2,17,18,19). The van der Waals surface area contributed by atoms with Crippen LogP contribution in [0.5, 0.6) is 0 Å². The lowest BCUT2D eigenvalue weighted by Gasteiger charge is -2.40. The summed E-state index contributed by atoms with van der Waals surface area (Å²) in [5.41, 5.74) is 0.478. The van der Waals surface area contributed by atoms with E-state index in [0.717, 1.165) is 38.6 Å². The van der Waals surface area contributed by atoms with Crippen molar-refractivity contribution in [2.75, 3.05) is 46.6 Å². The van der Waals surface area contributed by atoms with Gasteiger partial charge >= 0.3 is 0 Å². The highest BCUT2D eigenvalue weighted by Gasteiger charge is 2.34. The Morgan fingerprint density at radius 1 is 1.14 bits per heavy atom. The van der Waals surface area contributed by atoms with E-state index < -0.39 is 0 Å². The lowest BCUT2D eigenvalue weighted by Crippen LogP contribution is -2.40. The second kappa shape index (κ2) is 10.9. The Balaban J connectivity index is 2.19. The lowest BCUT2D eigenvalue weighted by atomic mass is 9.67. The minimum Gasteiger partial charge on any atom is -0.382 e. The van der Waals surface area contributed by atoms with Crippen LogP contribution in [0.25, 0.3) is 0 Å². The van der Waals surface area contributed by atoms with Gasteiger partial charge in [0.25, 0.3) is 0 Å². The zero-order chi connectivity index (χ0) is 15.4. The molecule has 0 spiro atoms. The molecule has 0 atom stereocenters.